The lowest BCUT2D eigenvalue weighted by Gasteiger charge is -2.19. The minimum atomic E-state index is -1.64. The highest BCUT2D eigenvalue weighted by molar-refractivity contribution is 5.77. The molecule has 2 atom stereocenters. The van der Waals surface area contributed by atoms with Gasteiger partial charge in [-0.15, -0.1) is 0 Å². The van der Waals surface area contributed by atoms with Crippen molar-refractivity contribution in [2.45, 2.75) is 38.0 Å². The number of aryl methyl sites for hydroxylation is 2. The third kappa shape index (κ3) is 8.38. The maximum absolute atomic E-state index is 11.9. The van der Waals surface area contributed by atoms with Crippen molar-refractivity contribution >= 4 is 5.97 Å². The number of carboxylic acids is 1. The van der Waals surface area contributed by atoms with E-state index in [4.69, 9.17) is 21.3 Å². The van der Waals surface area contributed by atoms with Gasteiger partial charge in [-0.1, -0.05) is 42.5 Å². The van der Waals surface area contributed by atoms with Crippen molar-refractivity contribution in [2.24, 2.45) is 17.4 Å². The first-order chi connectivity index (χ1) is 14.7. The van der Waals surface area contributed by atoms with Crippen LogP contribution in [0.15, 0.2) is 54.6 Å². The van der Waals surface area contributed by atoms with Crippen LogP contribution in [0.25, 0.3) is 0 Å². The van der Waals surface area contributed by atoms with E-state index in [0.717, 1.165) is 30.2 Å². The lowest BCUT2D eigenvalue weighted by Crippen LogP contribution is -2.56. The first kappa shape index (κ1) is 24.9. The molecule has 0 saturated carbocycles. The van der Waals surface area contributed by atoms with Crippen LogP contribution in [-0.4, -0.2) is 54.5 Å². The van der Waals surface area contributed by atoms with Crippen molar-refractivity contribution in [3.8, 4) is 0 Å². The first-order valence-corrected chi connectivity index (χ1v) is 10.6. The molecule has 31 heavy (non-hydrogen) atoms. The summed E-state index contributed by atoms with van der Waals surface area (Å²) in [6.07, 6.45) is 2.67. The Bertz CT molecular complexity index is 805. The van der Waals surface area contributed by atoms with Crippen molar-refractivity contribution in [1.29, 1.82) is 0 Å². The van der Waals surface area contributed by atoms with Crippen LogP contribution in [0.4, 0.5) is 4.39 Å². The molecule has 0 spiro atoms. The highest BCUT2D eigenvalue weighted by Gasteiger charge is 2.35. The van der Waals surface area contributed by atoms with E-state index in [1.807, 2.05) is 31.2 Å². The van der Waals surface area contributed by atoms with Gasteiger partial charge in [0.05, 0.1) is 6.10 Å². The molecule has 4 rings (SSSR count). The topological polar surface area (TPSA) is 102 Å². The molecule has 2 fully saturated rings. The van der Waals surface area contributed by atoms with Crippen LogP contribution in [-0.2, 0) is 16.0 Å². The standard InChI is InChI=1S/C11H16N2O2.C7H13NO.C6H5F/c1-8-4-2-3-5-9(8)6-7-11(12,13)10(14)15;1-8-4-6-2-3-9-7(6)5-8;7-6-4-2-1-3-5-6/h2-5H,6-7,12-13H2,1H3,(H,14,15);6-7H,2-5H2,1H3;1-5H. The molecule has 2 heterocycles. The van der Waals surface area contributed by atoms with Crippen LogP contribution >= 0.6 is 0 Å². The molecular formula is C24H34FN3O3. The maximum Gasteiger partial charge on any atom is 0.338 e. The zero-order valence-corrected chi connectivity index (χ0v) is 18.3. The van der Waals surface area contributed by atoms with Gasteiger partial charge in [0.2, 0.25) is 0 Å². The van der Waals surface area contributed by atoms with E-state index in [9.17, 15) is 9.18 Å². The van der Waals surface area contributed by atoms with Crippen LogP contribution < -0.4 is 11.5 Å². The molecule has 2 unspecified atom stereocenters. The number of likely N-dealkylation sites (N-methyl/N-ethyl adjacent to an activating group) is 1. The van der Waals surface area contributed by atoms with Crippen LogP contribution in [0, 0.1) is 18.7 Å². The van der Waals surface area contributed by atoms with Crippen molar-refractivity contribution in [2.75, 3.05) is 26.7 Å². The number of hydrogen-bond acceptors (Lipinski definition) is 5. The Balaban J connectivity index is 0.000000180. The minimum Gasteiger partial charge on any atom is -0.479 e. The number of halogens is 1. The molecule has 0 aliphatic carbocycles. The third-order valence-electron chi connectivity index (χ3n) is 5.58. The van der Waals surface area contributed by atoms with Gasteiger partial charge in [-0.2, -0.15) is 0 Å². The minimum absolute atomic E-state index is 0.178. The molecule has 170 valence electrons. The summed E-state index contributed by atoms with van der Waals surface area (Å²) in [7, 11) is 2.17. The molecule has 2 aromatic rings. The van der Waals surface area contributed by atoms with Gasteiger partial charge in [-0.25, -0.2) is 9.18 Å². The Morgan fingerprint density at radius 1 is 1.16 bits per heavy atom. The summed E-state index contributed by atoms with van der Waals surface area (Å²) in [5, 5.41) is 8.74. The van der Waals surface area contributed by atoms with Gasteiger partial charge < -0.3 is 26.2 Å². The predicted octanol–water partition coefficient (Wildman–Crippen LogP) is 2.79. The fourth-order valence-corrected chi connectivity index (χ4v) is 3.64. The first-order valence-electron chi connectivity index (χ1n) is 10.6. The molecule has 0 aromatic heterocycles. The summed E-state index contributed by atoms with van der Waals surface area (Å²) >= 11 is 0. The molecule has 0 radical (unpaired) electrons. The molecule has 5 N–H and O–H groups in total. The summed E-state index contributed by atoms with van der Waals surface area (Å²) in [6, 6.07) is 15.7. The van der Waals surface area contributed by atoms with Crippen LogP contribution in [0.1, 0.15) is 24.0 Å². The Kier molecular flexibility index (Phi) is 9.58. The second kappa shape index (κ2) is 11.9. The SMILES string of the molecule is CN1CC2CCOC2C1.Cc1ccccc1CCC(N)(N)C(=O)O.Fc1ccccc1. The van der Waals surface area contributed by atoms with Crippen molar-refractivity contribution < 1.29 is 19.0 Å². The van der Waals surface area contributed by atoms with Crippen LogP contribution in [0.2, 0.25) is 0 Å². The fraction of sp³-hybridized carbons (Fsp3) is 0.458. The predicted molar refractivity (Wildman–Crippen MR) is 120 cm³/mol. The van der Waals surface area contributed by atoms with Gasteiger partial charge >= 0.3 is 5.97 Å². The Morgan fingerprint density at radius 3 is 2.35 bits per heavy atom. The molecule has 2 aliphatic rings. The molecule has 2 aromatic carbocycles. The number of nitrogens with zero attached hydrogens (tertiary/aromatic N) is 1. The van der Waals surface area contributed by atoms with Crippen LogP contribution in [0.5, 0.6) is 0 Å². The highest BCUT2D eigenvalue weighted by atomic mass is 19.1. The number of carboxylic acid groups (broad SMARTS) is 1. The van der Waals surface area contributed by atoms with Crippen molar-refractivity contribution in [3.05, 3.63) is 71.5 Å². The van der Waals surface area contributed by atoms with Gasteiger partial charge in [-0.3, -0.25) is 0 Å². The number of aliphatic carboxylic acids is 1. The van der Waals surface area contributed by atoms with E-state index >= 15 is 0 Å². The highest BCUT2D eigenvalue weighted by Crippen LogP contribution is 2.27. The normalized spacial score (nSPS) is 20.2. The fourth-order valence-electron chi connectivity index (χ4n) is 3.64. The van der Waals surface area contributed by atoms with Gasteiger partial charge in [0.1, 0.15) is 5.82 Å². The summed E-state index contributed by atoms with van der Waals surface area (Å²) in [5.74, 6) is -0.492. The summed E-state index contributed by atoms with van der Waals surface area (Å²) < 4.78 is 17.4. The number of rotatable bonds is 4. The average Bonchev–Trinajstić information content (AvgIpc) is 3.30. The molecule has 0 amide bonds. The Morgan fingerprint density at radius 2 is 1.81 bits per heavy atom. The lowest BCUT2D eigenvalue weighted by molar-refractivity contribution is -0.143. The number of likely N-dealkylation sites (tertiary alicyclic amines) is 1. The van der Waals surface area contributed by atoms with E-state index in [0.29, 0.717) is 12.5 Å². The number of benzene rings is 2. The summed E-state index contributed by atoms with van der Waals surface area (Å²) in [6.45, 7) is 5.39. The van der Waals surface area contributed by atoms with E-state index < -0.39 is 11.6 Å². The van der Waals surface area contributed by atoms with Crippen molar-refractivity contribution in [1.82, 2.24) is 4.90 Å². The molecular weight excluding hydrogens is 397 g/mol. The van der Waals surface area contributed by atoms with E-state index in [2.05, 4.69) is 11.9 Å². The second-order valence-electron chi connectivity index (χ2n) is 8.25. The lowest BCUT2D eigenvalue weighted by atomic mass is 9.98. The summed E-state index contributed by atoms with van der Waals surface area (Å²) in [4.78, 5) is 13.0. The third-order valence-corrected chi connectivity index (χ3v) is 5.58. The Labute approximate surface area is 184 Å². The van der Waals surface area contributed by atoms with Gasteiger partial charge in [-0.05, 0) is 56.5 Å². The second-order valence-corrected chi connectivity index (χ2v) is 8.25. The molecule has 7 heteroatoms. The zero-order chi connectivity index (χ0) is 22.9. The Hall–Kier alpha value is -2.32. The van der Waals surface area contributed by atoms with E-state index in [1.165, 1.54) is 25.1 Å². The van der Waals surface area contributed by atoms with Gasteiger partial charge in [0.25, 0.3) is 0 Å². The maximum atomic E-state index is 11.9. The quantitative estimate of drug-likeness (QED) is 0.644. The number of carbonyl (C=O) groups is 1. The van der Waals surface area contributed by atoms with E-state index in [-0.39, 0.29) is 12.2 Å². The molecule has 6 nitrogen and oxygen atoms in total. The van der Waals surface area contributed by atoms with Crippen LogP contribution in [0.3, 0.4) is 0 Å². The largest absolute Gasteiger partial charge is 0.479 e. The van der Waals surface area contributed by atoms with Gasteiger partial charge in [0.15, 0.2) is 5.66 Å². The van der Waals surface area contributed by atoms with E-state index in [1.54, 1.807) is 18.2 Å². The molecule has 2 aliphatic heterocycles. The monoisotopic (exact) mass is 431 g/mol. The number of nitrogens with two attached hydrogens (primary N) is 2. The number of ether oxygens (including phenoxy) is 1. The number of hydrogen-bond donors (Lipinski definition) is 3. The average molecular weight is 432 g/mol. The number of fused-ring (bicyclic) bond motifs is 1. The summed E-state index contributed by atoms with van der Waals surface area (Å²) in [5.41, 5.74) is 11.4. The zero-order valence-electron chi connectivity index (χ0n) is 18.3. The van der Waals surface area contributed by atoms with Crippen molar-refractivity contribution in [3.63, 3.8) is 0 Å². The smallest absolute Gasteiger partial charge is 0.338 e. The molecule has 2 saturated heterocycles. The van der Waals surface area contributed by atoms with Gasteiger partial charge in [0, 0.05) is 25.6 Å². The molecule has 0 bridgehead atoms.